The molecule has 3 aromatic rings. The Kier molecular flexibility index (Phi) is 6.86. The van der Waals surface area contributed by atoms with Crippen molar-refractivity contribution in [2.45, 2.75) is 0 Å². The number of carbonyl (C=O) groups excluding carboxylic acids is 3. The summed E-state index contributed by atoms with van der Waals surface area (Å²) in [4.78, 5) is 42.1. The number of halogens is 2. The number of ether oxygens (including phenoxy) is 3. The van der Waals surface area contributed by atoms with Gasteiger partial charge in [0.25, 0.3) is 17.7 Å². The van der Waals surface area contributed by atoms with Gasteiger partial charge >= 0.3 is 0 Å². The van der Waals surface area contributed by atoms with Crippen LogP contribution in [0.3, 0.4) is 0 Å². The van der Waals surface area contributed by atoms with Crippen molar-refractivity contribution in [3.8, 4) is 17.2 Å². The lowest BCUT2D eigenvalue weighted by Gasteiger charge is -2.28. The van der Waals surface area contributed by atoms with Gasteiger partial charge in [0.15, 0.2) is 11.5 Å². The van der Waals surface area contributed by atoms with Gasteiger partial charge < -0.3 is 14.2 Å². The average molecular weight is 515 g/mol. The first kappa shape index (κ1) is 24.4. The van der Waals surface area contributed by atoms with Gasteiger partial charge in [-0.25, -0.2) is 0 Å². The van der Waals surface area contributed by atoms with Crippen LogP contribution in [0.5, 0.6) is 17.2 Å². The Morgan fingerprint density at radius 1 is 0.857 bits per heavy atom. The van der Waals surface area contributed by atoms with Gasteiger partial charge in [-0.1, -0.05) is 35.3 Å². The van der Waals surface area contributed by atoms with Crippen LogP contribution in [0.2, 0.25) is 10.0 Å². The van der Waals surface area contributed by atoms with E-state index < -0.39 is 17.7 Å². The van der Waals surface area contributed by atoms with Crippen LogP contribution in [0.1, 0.15) is 31.1 Å². The second-order valence-electron chi connectivity index (χ2n) is 7.47. The van der Waals surface area contributed by atoms with Crippen LogP contribution in [0.25, 0.3) is 0 Å². The molecule has 0 spiro atoms. The first-order valence-corrected chi connectivity index (χ1v) is 11.1. The molecule has 8 nitrogen and oxygen atoms in total. The largest absolute Gasteiger partial charge is 0.493 e. The summed E-state index contributed by atoms with van der Waals surface area (Å²) in [5.74, 6) is -0.763. The van der Waals surface area contributed by atoms with E-state index in [0.717, 1.165) is 4.90 Å². The van der Waals surface area contributed by atoms with Crippen molar-refractivity contribution >= 4 is 46.6 Å². The van der Waals surface area contributed by atoms with Crippen molar-refractivity contribution in [3.63, 3.8) is 0 Å². The lowest BCUT2D eigenvalue weighted by Crippen LogP contribution is -2.44. The molecule has 35 heavy (non-hydrogen) atoms. The molecule has 0 unspecified atom stereocenters. The maximum Gasteiger partial charge on any atom is 0.263 e. The second kappa shape index (κ2) is 9.85. The van der Waals surface area contributed by atoms with E-state index in [-0.39, 0.29) is 45.6 Å². The molecule has 10 heteroatoms. The van der Waals surface area contributed by atoms with E-state index in [4.69, 9.17) is 37.4 Å². The van der Waals surface area contributed by atoms with Crippen molar-refractivity contribution < 1.29 is 28.6 Å². The van der Waals surface area contributed by atoms with E-state index in [1.165, 1.54) is 44.4 Å². The van der Waals surface area contributed by atoms with Gasteiger partial charge in [-0.2, -0.15) is 0 Å². The molecule has 0 saturated heterocycles. The highest BCUT2D eigenvalue weighted by Crippen LogP contribution is 2.39. The van der Waals surface area contributed by atoms with Gasteiger partial charge in [0.1, 0.15) is 6.67 Å². The normalized spacial score (nSPS) is 12.4. The minimum atomic E-state index is -0.565. The molecule has 0 fully saturated rings. The molecule has 180 valence electrons. The molecule has 4 rings (SSSR count). The molecule has 0 bridgehead atoms. The number of nitrogens with zero attached hydrogens (tertiary/aromatic N) is 2. The summed E-state index contributed by atoms with van der Waals surface area (Å²) in [6.45, 7) is -0.386. The number of imide groups is 1. The number of rotatable bonds is 7. The lowest BCUT2D eigenvalue weighted by atomic mass is 10.1. The summed E-state index contributed by atoms with van der Waals surface area (Å²) >= 11 is 12.5. The molecule has 3 amide bonds. The standard InChI is InChI=1S/C25H20Cl2N2O6/c1-33-20-10-14(11-21(34-2)22(20)35-3)23(30)28(19-9-8-15(26)12-18(19)27)13-29-24(31)16-6-4-5-7-17(16)25(29)32/h4-12H,13H2,1-3H3. The van der Waals surface area contributed by atoms with Gasteiger partial charge in [-0.3, -0.25) is 24.2 Å². The number of anilines is 1. The maximum absolute atomic E-state index is 13.8. The lowest BCUT2D eigenvalue weighted by molar-refractivity contribution is 0.0650. The predicted molar refractivity (Wildman–Crippen MR) is 131 cm³/mol. The van der Waals surface area contributed by atoms with Gasteiger partial charge in [-0.05, 0) is 42.5 Å². The topological polar surface area (TPSA) is 85.4 Å². The smallest absolute Gasteiger partial charge is 0.263 e. The second-order valence-corrected chi connectivity index (χ2v) is 8.31. The third kappa shape index (κ3) is 4.38. The summed E-state index contributed by atoms with van der Waals surface area (Å²) in [5.41, 5.74) is 0.938. The fourth-order valence-corrected chi connectivity index (χ4v) is 4.33. The minimum absolute atomic E-state index is 0.155. The van der Waals surface area contributed by atoms with Gasteiger partial charge in [-0.15, -0.1) is 0 Å². The molecule has 3 aromatic carbocycles. The molecule has 0 atom stereocenters. The molecule has 0 aromatic heterocycles. The van der Waals surface area contributed by atoms with Crippen molar-refractivity contribution in [3.05, 3.63) is 81.3 Å². The van der Waals surface area contributed by atoms with Crippen molar-refractivity contribution in [1.82, 2.24) is 4.90 Å². The number of methoxy groups -OCH3 is 3. The summed E-state index contributed by atoms with van der Waals surface area (Å²) < 4.78 is 16.1. The third-order valence-corrected chi connectivity index (χ3v) is 6.06. The number of carbonyl (C=O) groups is 3. The highest BCUT2D eigenvalue weighted by Gasteiger charge is 2.38. The highest BCUT2D eigenvalue weighted by atomic mass is 35.5. The monoisotopic (exact) mass is 514 g/mol. The van der Waals surface area contributed by atoms with Crippen LogP contribution in [0, 0.1) is 0 Å². The van der Waals surface area contributed by atoms with E-state index in [9.17, 15) is 14.4 Å². The number of benzene rings is 3. The fourth-order valence-electron chi connectivity index (χ4n) is 3.82. The van der Waals surface area contributed by atoms with E-state index in [2.05, 4.69) is 0 Å². The zero-order valence-electron chi connectivity index (χ0n) is 19.0. The van der Waals surface area contributed by atoms with Crippen molar-refractivity contribution in [1.29, 1.82) is 0 Å². The van der Waals surface area contributed by atoms with Gasteiger partial charge in [0.2, 0.25) is 5.75 Å². The quantitative estimate of drug-likeness (QED) is 0.416. The number of amides is 3. The molecule has 0 aliphatic carbocycles. The molecule has 0 N–H and O–H groups in total. The van der Waals surface area contributed by atoms with Gasteiger partial charge in [0.05, 0.1) is 43.2 Å². The third-order valence-electron chi connectivity index (χ3n) is 5.52. The first-order chi connectivity index (χ1) is 16.8. The Bertz CT molecular complexity index is 1280. The van der Waals surface area contributed by atoms with Crippen molar-refractivity contribution in [2.75, 3.05) is 32.9 Å². The molecule has 0 radical (unpaired) electrons. The van der Waals surface area contributed by atoms with Crippen LogP contribution >= 0.6 is 23.2 Å². The molecule has 1 heterocycles. The predicted octanol–water partition coefficient (Wildman–Crippen LogP) is 4.92. The summed E-state index contributed by atoms with van der Waals surface area (Å²) in [6.07, 6.45) is 0. The highest BCUT2D eigenvalue weighted by molar-refractivity contribution is 6.37. The number of fused-ring (bicyclic) bond motifs is 1. The minimum Gasteiger partial charge on any atom is -0.493 e. The maximum atomic E-state index is 13.8. The summed E-state index contributed by atoms with van der Waals surface area (Å²) in [5, 5.41) is 0.523. The summed E-state index contributed by atoms with van der Waals surface area (Å²) in [6, 6.07) is 14.0. The first-order valence-electron chi connectivity index (χ1n) is 10.3. The zero-order chi connectivity index (χ0) is 25.3. The molecular weight excluding hydrogens is 495 g/mol. The number of hydrogen-bond donors (Lipinski definition) is 0. The van der Waals surface area contributed by atoms with Crippen LogP contribution in [0.4, 0.5) is 5.69 Å². The SMILES string of the molecule is COc1cc(C(=O)N(CN2C(=O)c3ccccc3C2=O)c2ccc(Cl)cc2Cl)cc(OC)c1OC. The van der Waals surface area contributed by atoms with E-state index in [1.54, 1.807) is 36.4 Å². The summed E-state index contributed by atoms with van der Waals surface area (Å²) in [7, 11) is 4.31. The Morgan fingerprint density at radius 3 is 1.91 bits per heavy atom. The van der Waals surface area contributed by atoms with Crippen LogP contribution in [-0.4, -0.2) is 50.6 Å². The molecule has 1 aliphatic heterocycles. The number of hydrogen-bond acceptors (Lipinski definition) is 6. The van der Waals surface area contributed by atoms with Crippen LogP contribution in [0.15, 0.2) is 54.6 Å². The Morgan fingerprint density at radius 2 is 1.43 bits per heavy atom. The molecule has 1 aliphatic rings. The zero-order valence-corrected chi connectivity index (χ0v) is 20.5. The van der Waals surface area contributed by atoms with E-state index in [1.807, 2.05) is 0 Å². The molecular formula is C25H20Cl2N2O6. The Hall–Kier alpha value is -3.75. The Balaban J connectivity index is 1.80. The van der Waals surface area contributed by atoms with E-state index in [0.29, 0.717) is 10.8 Å². The Labute approximate surface area is 211 Å². The van der Waals surface area contributed by atoms with Crippen molar-refractivity contribution in [2.24, 2.45) is 0 Å². The van der Waals surface area contributed by atoms with Crippen LogP contribution in [-0.2, 0) is 0 Å². The fraction of sp³-hybridized carbons (Fsp3) is 0.160. The molecule has 0 saturated carbocycles. The average Bonchev–Trinajstić information content (AvgIpc) is 3.11. The van der Waals surface area contributed by atoms with E-state index >= 15 is 0 Å². The van der Waals surface area contributed by atoms with Crippen LogP contribution < -0.4 is 19.1 Å². The van der Waals surface area contributed by atoms with Gasteiger partial charge in [0, 0.05) is 10.6 Å².